The maximum absolute atomic E-state index is 13.0. The SMILES string of the molecule is COc1ccc2nc(-c3ccccc3)nc(SCC(=O)N3CCc4ccccc43)c2c1. The van der Waals surface area contributed by atoms with Crippen LogP contribution in [0.15, 0.2) is 77.8 Å². The Balaban J connectivity index is 1.47. The third-order valence-electron chi connectivity index (χ3n) is 5.42. The minimum absolute atomic E-state index is 0.0888. The second kappa shape index (κ2) is 8.40. The van der Waals surface area contributed by atoms with Gasteiger partial charge in [0.1, 0.15) is 10.8 Å². The molecule has 0 fully saturated rings. The van der Waals surface area contributed by atoms with Gasteiger partial charge in [0, 0.05) is 23.2 Å². The number of thioether (sulfide) groups is 1. The average Bonchev–Trinajstić information content (AvgIpc) is 3.26. The standard InChI is InChI=1S/C25H21N3O2S/c1-30-19-11-12-21-20(15-19)25(27-24(26-21)18-8-3-2-4-9-18)31-16-23(29)28-14-13-17-7-5-6-10-22(17)28/h2-12,15H,13-14,16H2,1H3. The number of hydrogen-bond acceptors (Lipinski definition) is 5. The van der Waals surface area contributed by atoms with Crippen molar-refractivity contribution in [3.63, 3.8) is 0 Å². The van der Waals surface area contributed by atoms with Crippen LogP contribution in [0.25, 0.3) is 22.3 Å². The van der Waals surface area contributed by atoms with E-state index in [9.17, 15) is 4.79 Å². The number of nitrogens with zero attached hydrogens (tertiary/aromatic N) is 3. The van der Waals surface area contributed by atoms with Crippen molar-refractivity contribution >= 4 is 34.3 Å². The molecule has 0 aliphatic carbocycles. The number of anilines is 1. The van der Waals surface area contributed by atoms with Crippen LogP contribution in [0.4, 0.5) is 5.69 Å². The van der Waals surface area contributed by atoms with Crippen molar-refractivity contribution in [3.05, 3.63) is 78.4 Å². The molecule has 0 bridgehead atoms. The first-order valence-electron chi connectivity index (χ1n) is 10.2. The van der Waals surface area contributed by atoms with Gasteiger partial charge in [-0.15, -0.1) is 0 Å². The summed E-state index contributed by atoms with van der Waals surface area (Å²) < 4.78 is 5.40. The lowest BCUT2D eigenvalue weighted by molar-refractivity contribution is -0.116. The minimum Gasteiger partial charge on any atom is -0.497 e. The third-order valence-corrected chi connectivity index (χ3v) is 6.40. The number of carbonyl (C=O) groups excluding carboxylic acids is 1. The molecule has 0 saturated heterocycles. The molecule has 5 rings (SSSR count). The zero-order chi connectivity index (χ0) is 21.2. The van der Waals surface area contributed by atoms with Gasteiger partial charge in [-0.2, -0.15) is 0 Å². The van der Waals surface area contributed by atoms with Gasteiger partial charge in [0.05, 0.1) is 18.4 Å². The highest BCUT2D eigenvalue weighted by Gasteiger charge is 2.24. The number of para-hydroxylation sites is 1. The molecular weight excluding hydrogens is 406 g/mol. The molecule has 154 valence electrons. The maximum atomic E-state index is 13.0. The van der Waals surface area contributed by atoms with E-state index in [1.165, 1.54) is 17.3 Å². The predicted octanol–water partition coefficient (Wildman–Crippen LogP) is 4.99. The number of aromatic nitrogens is 2. The Hall–Kier alpha value is -3.38. The van der Waals surface area contributed by atoms with Gasteiger partial charge in [-0.3, -0.25) is 4.79 Å². The van der Waals surface area contributed by atoms with Gasteiger partial charge in [-0.05, 0) is 36.2 Å². The zero-order valence-corrected chi connectivity index (χ0v) is 17.9. The van der Waals surface area contributed by atoms with Gasteiger partial charge >= 0.3 is 0 Å². The number of carbonyl (C=O) groups is 1. The Morgan fingerprint density at radius 1 is 1.03 bits per heavy atom. The second-order valence-corrected chi connectivity index (χ2v) is 8.28. The van der Waals surface area contributed by atoms with Crippen molar-refractivity contribution in [2.24, 2.45) is 0 Å². The molecule has 5 nitrogen and oxygen atoms in total. The molecule has 0 spiro atoms. The van der Waals surface area contributed by atoms with Crippen LogP contribution in [0.3, 0.4) is 0 Å². The highest BCUT2D eigenvalue weighted by Crippen LogP contribution is 2.33. The highest BCUT2D eigenvalue weighted by atomic mass is 32.2. The lowest BCUT2D eigenvalue weighted by atomic mass is 10.2. The second-order valence-electron chi connectivity index (χ2n) is 7.31. The fourth-order valence-electron chi connectivity index (χ4n) is 3.84. The minimum atomic E-state index is 0.0888. The van der Waals surface area contributed by atoms with Gasteiger partial charge in [-0.25, -0.2) is 9.97 Å². The number of hydrogen-bond donors (Lipinski definition) is 0. The van der Waals surface area contributed by atoms with Gasteiger partial charge in [0.2, 0.25) is 5.91 Å². The molecule has 0 atom stereocenters. The summed E-state index contributed by atoms with van der Waals surface area (Å²) in [7, 11) is 1.64. The first-order chi connectivity index (χ1) is 15.2. The Morgan fingerprint density at radius 2 is 1.84 bits per heavy atom. The topological polar surface area (TPSA) is 55.3 Å². The molecule has 6 heteroatoms. The summed E-state index contributed by atoms with van der Waals surface area (Å²) in [6.45, 7) is 0.729. The van der Waals surface area contributed by atoms with Crippen LogP contribution in [0.2, 0.25) is 0 Å². The third kappa shape index (κ3) is 3.86. The fourth-order valence-corrected chi connectivity index (χ4v) is 4.72. The molecule has 2 heterocycles. The van der Waals surface area contributed by atoms with Crippen molar-refractivity contribution in [1.29, 1.82) is 0 Å². The Kier molecular flexibility index (Phi) is 5.30. The largest absolute Gasteiger partial charge is 0.497 e. The molecule has 1 aliphatic heterocycles. The number of benzene rings is 3. The summed E-state index contributed by atoms with van der Waals surface area (Å²) in [4.78, 5) is 24.5. The van der Waals surface area contributed by atoms with Gasteiger partial charge in [-0.1, -0.05) is 60.3 Å². The lowest BCUT2D eigenvalue weighted by Crippen LogP contribution is -2.30. The molecule has 0 N–H and O–H groups in total. The van der Waals surface area contributed by atoms with Crippen LogP contribution in [0.1, 0.15) is 5.56 Å². The van der Waals surface area contributed by atoms with Crippen LogP contribution in [0.5, 0.6) is 5.75 Å². The van der Waals surface area contributed by atoms with E-state index in [1.54, 1.807) is 7.11 Å². The van der Waals surface area contributed by atoms with Gasteiger partial charge in [0.15, 0.2) is 5.82 Å². The van der Waals surface area contributed by atoms with Crippen LogP contribution >= 0.6 is 11.8 Å². The molecule has 0 unspecified atom stereocenters. The molecule has 3 aromatic carbocycles. The Morgan fingerprint density at radius 3 is 2.68 bits per heavy atom. The van der Waals surface area contributed by atoms with Crippen molar-refractivity contribution in [2.45, 2.75) is 11.4 Å². The quantitative estimate of drug-likeness (QED) is 0.332. The smallest absolute Gasteiger partial charge is 0.237 e. The van der Waals surface area contributed by atoms with E-state index in [0.717, 1.165) is 45.9 Å². The molecular formula is C25H21N3O2S. The van der Waals surface area contributed by atoms with Crippen molar-refractivity contribution in [2.75, 3.05) is 24.3 Å². The van der Waals surface area contributed by atoms with E-state index < -0.39 is 0 Å². The molecule has 1 aliphatic rings. The van der Waals surface area contributed by atoms with Crippen molar-refractivity contribution in [1.82, 2.24) is 9.97 Å². The van der Waals surface area contributed by atoms with E-state index in [0.29, 0.717) is 11.6 Å². The number of ether oxygens (including phenoxy) is 1. The summed E-state index contributed by atoms with van der Waals surface area (Å²) in [5.74, 6) is 1.79. The van der Waals surface area contributed by atoms with E-state index >= 15 is 0 Å². The zero-order valence-electron chi connectivity index (χ0n) is 17.1. The summed E-state index contributed by atoms with van der Waals surface area (Å²) in [6.07, 6.45) is 0.901. The molecule has 0 saturated carbocycles. The normalized spacial score (nSPS) is 12.7. The molecule has 1 amide bonds. The summed E-state index contributed by atoms with van der Waals surface area (Å²) in [5, 5.41) is 1.67. The molecule has 1 aromatic heterocycles. The van der Waals surface area contributed by atoms with E-state index in [1.807, 2.05) is 71.6 Å². The summed E-state index contributed by atoms with van der Waals surface area (Å²) in [6, 6.07) is 23.8. The van der Waals surface area contributed by atoms with Crippen molar-refractivity contribution in [3.8, 4) is 17.1 Å². The number of methoxy groups -OCH3 is 1. The first-order valence-corrected chi connectivity index (χ1v) is 11.1. The molecule has 31 heavy (non-hydrogen) atoms. The Bertz CT molecular complexity index is 1260. The van der Waals surface area contributed by atoms with Crippen LogP contribution < -0.4 is 9.64 Å². The average molecular weight is 428 g/mol. The van der Waals surface area contributed by atoms with E-state index in [4.69, 9.17) is 14.7 Å². The number of rotatable bonds is 5. The summed E-state index contributed by atoms with van der Waals surface area (Å²) in [5.41, 5.74) is 4.02. The maximum Gasteiger partial charge on any atom is 0.237 e. The Labute approximate surface area is 185 Å². The first kappa shape index (κ1) is 19.6. The van der Waals surface area contributed by atoms with Gasteiger partial charge in [0.25, 0.3) is 0 Å². The fraction of sp³-hybridized carbons (Fsp3) is 0.160. The lowest BCUT2D eigenvalue weighted by Gasteiger charge is -2.17. The van der Waals surface area contributed by atoms with Crippen LogP contribution in [-0.4, -0.2) is 35.3 Å². The molecule has 0 radical (unpaired) electrons. The number of fused-ring (bicyclic) bond motifs is 2. The van der Waals surface area contributed by atoms with Crippen LogP contribution in [-0.2, 0) is 11.2 Å². The summed E-state index contributed by atoms with van der Waals surface area (Å²) >= 11 is 1.45. The predicted molar refractivity (Wildman–Crippen MR) is 125 cm³/mol. The molecule has 4 aromatic rings. The van der Waals surface area contributed by atoms with E-state index in [-0.39, 0.29) is 5.91 Å². The van der Waals surface area contributed by atoms with Gasteiger partial charge < -0.3 is 9.64 Å². The van der Waals surface area contributed by atoms with E-state index in [2.05, 4.69) is 6.07 Å². The number of amides is 1. The highest BCUT2D eigenvalue weighted by molar-refractivity contribution is 8.00. The van der Waals surface area contributed by atoms with Crippen molar-refractivity contribution < 1.29 is 9.53 Å². The van der Waals surface area contributed by atoms with Crippen LogP contribution in [0, 0.1) is 0 Å². The monoisotopic (exact) mass is 427 g/mol.